The molecule has 10 heteroatoms. The molecule has 1 saturated heterocycles. The average molecular weight is 580 g/mol. The van der Waals surface area contributed by atoms with Crippen LogP contribution < -0.4 is 10.1 Å². The molecule has 0 atom stereocenters. The lowest BCUT2D eigenvalue weighted by Gasteiger charge is -2.12. The van der Waals surface area contributed by atoms with Gasteiger partial charge in [0.05, 0.1) is 18.1 Å². The van der Waals surface area contributed by atoms with E-state index >= 15 is 0 Å². The number of ether oxygens (including phenoxy) is 1. The lowest BCUT2D eigenvalue weighted by atomic mass is 10.1. The molecule has 0 bridgehead atoms. The molecule has 0 aliphatic carbocycles. The number of anilines is 1. The first-order valence-corrected chi connectivity index (χ1v) is 13.7. The third-order valence-electron chi connectivity index (χ3n) is 6.12. The summed E-state index contributed by atoms with van der Waals surface area (Å²) in [5.74, 6) is -0.309. The van der Waals surface area contributed by atoms with Crippen LogP contribution in [0.25, 0.3) is 17.0 Å². The smallest absolute Gasteiger partial charge is 0.294 e. The Bertz CT molecular complexity index is 1590. The highest BCUT2D eigenvalue weighted by atomic mass is 35.5. The summed E-state index contributed by atoms with van der Waals surface area (Å²) in [6, 6.07) is 20.0. The van der Waals surface area contributed by atoms with Crippen LogP contribution in [0.15, 0.2) is 77.8 Å². The van der Waals surface area contributed by atoms with E-state index in [-0.39, 0.29) is 11.4 Å². The molecule has 0 radical (unpaired) electrons. The van der Waals surface area contributed by atoms with Crippen LogP contribution in [0.2, 0.25) is 10.0 Å². The van der Waals surface area contributed by atoms with Crippen molar-refractivity contribution in [2.45, 2.75) is 13.5 Å². The van der Waals surface area contributed by atoms with Crippen LogP contribution >= 0.6 is 35.0 Å². The second-order valence-electron chi connectivity index (χ2n) is 8.70. The molecule has 0 saturated carbocycles. The topological polar surface area (TPSA) is 80.6 Å². The second kappa shape index (κ2) is 11.6. The summed E-state index contributed by atoms with van der Waals surface area (Å²) in [5, 5.41) is 4.24. The molecular weight excluding hydrogens is 557 g/mol. The number of rotatable bonds is 8. The Morgan fingerprint density at radius 3 is 2.44 bits per heavy atom. The maximum absolute atomic E-state index is 13.1. The number of hydrogen-bond donors (Lipinski definition) is 1. The Hall–Kier alpha value is -3.72. The van der Waals surface area contributed by atoms with E-state index in [1.165, 1.54) is 0 Å². The van der Waals surface area contributed by atoms with Gasteiger partial charge in [-0.3, -0.25) is 19.3 Å². The monoisotopic (exact) mass is 579 g/mol. The summed E-state index contributed by atoms with van der Waals surface area (Å²) in [6.45, 7) is 2.46. The van der Waals surface area contributed by atoms with Crippen molar-refractivity contribution in [3.63, 3.8) is 0 Å². The van der Waals surface area contributed by atoms with Crippen LogP contribution in [0.4, 0.5) is 10.5 Å². The first kappa shape index (κ1) is 26.9. The largest absolute Gasteiger partial charge is 0.494 e. The molecule has 1 aromatic heterocycles. The molecule has 39 heavy (non-hydrogen) atoms. The fourth-order valence-corrected chi connectivity index (χ4v) is 5.64. The van der Waals surface area contributed by atoms with Crippen LogP contribution in [0.3, 0.4) is 0 Å². The highest BCUT2D eigenvalue weighted by molar-refractivity contribution is 8.18. The highest BCUT2D eigenvalue weighted by Crippen LogP contribution is 2.35. The number of benzene rings is 3. The van der Waals surface area contributed by atoms with Crippen LogP contribution in [0.5, 0.6) is 5.75 Å². The predicted octanol–water partition coefficient (Wildman–Crippen LogP) is 7.07. The summed E-state index contributed by atoms with van der Waals surface area (Å²) < 4.78 is 7.40. The van der Waals surface area contributed by atoms with Crippen LogP contribution in [-0.2, 0) is 16.1 Å². The molecule has 3 amide bonds. The van der Waals surface area contributed by atoms with Gasteiger partial charge in [-0.25, -0.2) is 0 Å². The van der Waals surface area contributed by atoms with Gasteiger partial charge in [0.25, 0.3) is 11.1 Å². The lowest BCUT2D eigenvalue weighted by molar-refractivity contribution is -0.127. The van der Waals surface area contributed by atoms with Gasteiger partial charge in [0, 0.05) is 44.0 Å². The maximum atomic E-state index is 13.1. The number of nitrogens with one attached hydrogen (secondary N) is 1. The molecule has 7 nitrogen and oxygen atoms in total. The zero-order valence-corrected chi connectivity index (χ0v) is 23.1. The van der Waals surface area contributed by atoms with Crippen molar-refractivity contribution in [1.82, 2.24) is 9.47 Å². The Morgan fingerprint density at radius 2 is 1.72 bits per heavy atom. The third kappa shape index (κ3) is 5.83. The number of carbonyl (C=O) groups excluding carboxylic acids is 3. The molecule has 198 valence electrons. The van der Waals surface area contributed by atoms with E-state index in [1.807, 2.05) is 42.0 Å². The van der Waals surface area contributed by atoms with Gasteiger partial charge in [-0.1, -0.05) is 47.5 Å². The zero-order chi connectivity index (χ0) is 27.5. The Morgan fingerprint density at radius 1 is 1.00 bits per heavy atom. The minimum Gasteiger partial charge on any atom is -0.494 e. The van der Waals surface area contributed by atoms with Crippen molar-refractivity contribution < 1.29 is 19.1 Å². The predicted molar refractivity (Wildman–Crippen MR) is 156 cm³/mol. The average Bonchev–Trinajstić information content (AvgIpc) is 3.39. The van der Waals surface area contributed by atoms with Gasteiger partial charge >= 0.3 is 0 Å². The number of hydrogen-bond acceptors (Lipinski definition) is 5. The van der Waals surface area contributed by atoms with Crippen LogP contribution in [0.1, 0.15) is 18.1 Å². The Labute approximate surface area is 239 Å². The van der Waals surface area contributed by atoms with E-state index < -0.39 is 17.1 Å². The maximum Gasteiger partial charge on any atom is 0.294 e. The second-order valence-corrected chi connectivity index (χ2v) is 10.5. The minimum absolute atomic E-state index is 0.243. The third-order valence-corrected chi connectivity index (χ3v) is 7.74. The van der Waals surface area contributed by atoms with Gasteiger partial charge in [-0.15, -0.1) is 0 Å². The van der Waals surface area contributed by atoms with E-state index in [4.69, 9.17) is 27.9 Å². The Kier molecular flexibility index (Phi) is 7.97. The zero-order valence-electron chi connectivity index (χ0n) is 20.8. The quantitative estimate of drug-likeness (QED) is 0.226. The lowest BCUT2D eigenvalue weighted by Crippen LogP contribution is -2.36. The molecule has 5 rings (SSSR count). The summed E-state index contributed by atoms with van der Waals surface area (Å²) in [4.78, 5) is 39.6. The molecule has 0 spiro atoms. The van der Waals surface area contributed by atoms with Crippen LogP contribution in [0, 0.1) is 0 Å². The molecule has 1 fully saturated rings. The summed E-state index contributed by atoms with van der Waals surface area (Å²) >= 11 is 13.6. The molecule has 2 heterocycles. The molecule has 0 unspecified atom stereocenters. The number of para-hydroxylation sites is 1. The van der Waals surface area contributed by atoms with Gasteiger partial charge in [-0.2, -0.15) is 0 Å². The van der Waals surface area contributed by atoms with Crippen molar-refractivity contribution in [1.29, 1.82) is 0 Å². The van der Waals surface area contributed by atoms with Gasteiger partial charge in [-0.05, 0) is 67.2 Å². The van der Waals surface area contributed by atoms with E-state index in [1.54, 1.807) is 48.5 Å². The highest BCUT2D eigenvalue weighted by Gasteiger charge is 2.36. The van der Waals surface area contributed by atoms with E-state index in [9.17, 15) is 14.4 Å². The fourth-order valence-electron chi connectivity index (χ4n) is 4.30. The number of aromatic nitrogens is 1. The van der Waals surface area contributed by atoms with Crippen molar-refractivity contribution in [3.05, 3.63) is 99.0 Å². The molecule has 1 N–H and O–H groups in total. The van der Waals surface area contributed by atoms with Gasteiger partial charge < -0.3 is 14.6 Å². The molecular formula is C29H23Cl2N3O4S. The van der Waals surface area contributed by atoms with Crippen molar-refractivity contribution in [2.75, 3.05) is 18.5 Å². The van der Waals surface area contributed by atoms with Crippen molar-refractivity contribution in [2.24, 2.45) is 0 Å². The van der Waals surface area contributed by atoms with E-state index in [0.29, 0.717) is 34.6 Å². The fraction of sp³-hybridized carbons (Fsp3) is 0.138. The number of thioether (sulfide) groups is 1. The molecule has 1 aliphatic heterocycles. The number of amides is 3. The minimum atomic E-state index is -0.516. The number of halogens is 2. The summed E-state index contributed by atoms with van der Waals surface area (Å²) in [6.07, 6.45) is 3.58. The molecule has 3 aromatic carbocycles. The number of imide groups is 1. The van der Waals surface area contributed by atoms with Crippen molar-refractivity contribution in [3.8, 4) is 5.75 Å². The number of nitrogens with zero attached hydrogens (tertiary/aromatic N) is 2. The summed E-state index contributed by atoms with van der Waals surface area (Å²) in [7, 11) is 0. The van der Waals surface area contributed by atoms with Gasteiger partial charge in [0.2, 0.25) is 5.91 Å². The molecule has 4 aromatic rings. The normalized spacial score (nSPS) is 14.4. The first-order valence-electron chi connectivity index (χ1n) is 12.1. The van der Waals surface area contributed by atoms with Crippen molar-refractivity contribution >= 4 is 74.7 Å². The number of fused-ring (bicyclic) bond motifs is 1. The van der Waals surface area contributed by atoms with Gasteiger partial charge in [0.1, 0.15) is 12.3 Å². The standard InChI is InChI=1S/C29H23Cl2N3O4S/c1-2-38-20-12-10-19(11-13-20)32-27(35)17-34-28(36)26(39-29(34)37)14-18-15-33(25-9-4-3-6-21(18)25)16-22-23(30)7-5-8-24(22)31/h3-15H,2,16-17H2,1H3,(H,32,35)/b26-14-. The van der Waals surface area contributed by atoms with Gasteiger partial charge in [0.15, 0.2) is 0 Å². The Balaban J connectivity index is 1.35. The number of carbonyl (C=O) groups is 3. The first-order chi connectivity index (χ1) is 18.8. The van der Waals surface area contributed by atoms with Crippen LogP contribution in [-0.4, -0.2) is 39.7 Å². The summed E-state index contributed by atoms with van der Waals surface area (Å²) in [5.41, 5.74) is 3.01. The van der Waals surface area contributed by atoms with E-state index in [0.717, 1.165) is 38.7 Å². The molecule has 1 aliphatic rings. The van der Waals surface area contributed by atoms with E-state index in [2.05, 4.69) is 5.32 Å². The SMILES string of the molecule is CCOc1ccc(NC(=O)CN2C(=O)S/C(=C\c3cn(Cc4c(Cl)cccc4Cl)c4ccccc34)C2=O)cc1.